The third-order valence-corrected chi connectivity index (χ3v) is 3.33. The van der Waals surface area contributed by atoms with E-state index in [4.69, 9.17) is 21.1 Å². The van der Waals surface area contributed by atoms with Crippen LogP contribution in [-0.2, 0) is 4.74 Å². The Kier molecular flexibility index (Phi) is 6.91. The molecule has 0 aliphatic carbocycles. The highest BCUT2D eigenvalue weighted by atomic mass is 35.5. The van der Waals surface area contributed by atoms with Crippen LogP contribution in [0.3, 0.4) is 0 Å². The summed E-state index contributed by atoms with van der Waals surface area (Å²) in [7, 11) is 1.72. The standard InChI is InChI=1S/C17H23ClO2/c1-14-13-15(7-5-6-11-18)8-9-16(14)20-12-10-17(2,3)19-4/h8-9,13H,6,10-12H2,1-4H3. The molecule has 2 nitrogen and oxygen atoms in total. The molecule has 0 saturated carbocycles. The van der Waals surface area contributed by atoms with Crippen molar-refractivity contribution in [3.63, 3.8) is 0 Å². The third kappa shape index (κ3) is 5.86. The van der Waals surface area contributed by atoms with E-state index in [1.807, 2.05) is 25.1 Å². The summed E-state index contributed by atoms with van der Waals surface area (Å²) in [6, 6.07) is 5.99. The maximum absolute atomic E-state index is 5.81. The van der Waals surface area contributed by atoms with E-state index in [-0.39, 0.29) is 5.60 Å². The summed E-state index contributed by atoms with van der Waals surface area (Å²) in [5.74, 6) is 7.60. The molecule has 110 valence electrons. The maximum atomic E-state index is 5.81. The fraction of sp³-hybridized carbons (Fsp3) is 0.529. The summed E-state index contributed by atoms with van der Waals surface area (Å²) in [5, 5.41) is 0. The first-order valence-corrected chi connectivity index (χ1v) is 7.35. The Hall–Kier alpha value is -1.17. The normalized spacial score (nSPS) is 10.8. The van der Waals surface area contributed by atoms with E-state index in [0.717, 1.165) is 23.3 Å². The van der Waals surface area contributed by atoms with Gasteiger partial charge < -0.3 is 9.47 Å². The Morgan fingerprint density at radius 3 is 2.65 bits per heavy atom. The molecule has 0 atom stereocenters. The highest BCUT2D eigenvalue weighted by molar-refractivity contribution is 6.18. The average molecular weight is 295 g/mol. The molecule has 0 aromatic heterocycles. The van der Waals surface area contributed by atoms with Crippen LogP contribution >= 0.6 is 11.6 Å². The molecule has 20 heavy (non-hydrogen) atoms. The monoisotopic (exact) mass is 294 g/mol. The van der Waals surface area contributed by atoms with Gasteiger partial charge in [0.1, 0.15) is 5.75 Å². The Bertz CT molecular complexity index is 483. The van der Waals surface area contributed by atoms with Gasteiger partial charge in [0.25, 0.3) is 0 Å². The molecule has 0 saturated heterocycles. The molecule has 0 bridgehead atoms. The van der Waals surface area contributed by atoms with Crippen molar-refractivity contribution in [2.24, 2.45) is 0 Å². The summed E-state index contributed by atoms with van der Waals surface area (Å²) in [6.07, 6.45) is 1.56. The minimum Gasteiger partial charge on any atom is -0.493 e. The van der Waals surface area contributed by atoms with Gasteiger partial charge in [-0.05, 0) is 44.5 Å². The average Bonchev–Trinajstić information content (AvgIpc) is 2.41. The molecular formula is C17H23ClO2. The van der Waals surface area contributed by atoms with Crippen LogP contribution in [0.2, 0.25) is 0 Å². The van der Waals surface area contributed by atoms with E-state index in [0.29, 0.717) is 18.9 Å². The van der Waals surface area contributed by atoms with Gasteiger partial charge in [-0.2, -0.15) is 0 Å². The first kappa shape index (κ1) is 16.9. The molecule has 0 heterocycles. The molecule has 0 aliphatic heterocycles. The molecule has 0 amide bonds. The number of hydrogen-bond acceptors (Lipinski definition) is 2. The van der Waals surface area contributed by atoms with E-state index in [2.05, 4.69) is 25.7 Å². The molecule has 1 aromatic carbocycles. The minimum absolute atomic E-state index is 0.152. The first-order valence-electron chi connectivity index (χ1n) is 6.82. The molecule has 3 heteroatoms. The van der Waals surface area contributed by atoms with Crippen molar-refractivity contribution >= 4 is 11.6 Å². The van der Waals surface area contributed by atoms with Crippen LogP contribution in [0.4, 0.5) is 0 Å². The third-order valence-electron chi connectivity index (χ3n) is 3.14. The zero-order valence-corrected chi connectivity index (χ0v) is 13.5. The van der Waals surface area contributed by atoms with Crippen LogP contribution in [-0.4, -0.2) is 25.2 Å². The predicted molar refractivity (Wildman–Crippen MR) is 84.6 cm³/mol. The van der Waals surface area contributed by atoms with E-state index in [9.17, 15) is 0 Å². The number of rotatable bonds is 6. The summed E-state index contributed by atoms with van der Waals surface area (Å²) in [6.45, 7) is 6.78. The molecule has 1 rings (SSSR count). The molecule has 0 radical (unpaired) electrons. The summed E-state index contributed by atoms with van der Waals surface area (Å²) >= 11 is 5.60. The molecule has 0 N–H and O–H groups in total. The Balaban J connectivity index is 2.59. The molecular weight excluding hydrogens is 272 g/mol. The lowest BCUT2D eigenvalue weighted by atomic mass is 10.1. The second-order valence-electron chi connectivity index (χ2n) is 5.28. The first-order chi connectivity index (χ1) is 9.48. The van der Waals surface area contributed by atoms with Gasteiger partial charge >= 0.3 is 0 Å². The van der Waals surface area contributed by atoms with Crippen molar-refractivity contribution in [3.05, 3.63) is 29.3 Å². The largest absolute Gasteiger partial charge is 0.493 e. The van der Waals surface area contributed by atoms with Crippen LogP contribution in [0.15, 0.2) is 18.2 Å². The lowest BCUT2D eigenvalue weighted by Gasteiger charge is -2.22. The van der Waals surface area contributed by atoms with Gasteiger partial charge in [-0.25, -0.2) is 0 Å². The Morgan fingerprint density at radius 1 is 1.30 bits per heavy atom. The number of methoxy groups -OCH3 is 1. The van der Waals surface area contributed by atoms with Crippen LogP contribution in [0.5, 0.6) is 5.75 Å². The van der Waals surface area contributed by atoms with Crippen molar-refractivity contribution < 1.29 is 9.47 Å². The van der Waals surface area contributed by atoms with Crippen LogP contribution in [0.1, 0.15) is 37.8 Å². The number of benzene rings is 1. The number of alkyl halides is 1. The van der Waals surface area contributed by atoms with Gasteiger partial charge in [-0.1, -0.05) is 11.8 Å². The topological polar surface area (TPSA) is 18.5 Å². The smallest absolute Gasteiger partial charge is 0.122 e. The molecule has 0 fully saturated rings. The highest BCUT2D eigenvalue weighted by Crippen LogP contribution is 2.20. The summed E-state index contributed by atoms with van der Waals surface area (Å²) in [5.41, 5.74) is 1.94. The van der Waals surface area contributed by atoms with Crippen LogP contribution in [0.25, 0.3) is 0 Å². The van der Waals surface area contributed by atoms with Gasteiger partial charge in [-0.3, -0.25) is 0 Å². The minimum atomic E-state index is -0.152. The van der Waals surface area contributed by atoms with Crippen molar-refractivity contribution in [1.82, 2.24) is 0 Å². The zero-order valence-electron chi connectivity index (χ0n) is 12.8. The number of hydrogen-bond donors (Lipinski definition) is 0. The SMILES string of the molecule is COC(C)(C)CCOc1ccc(C#CCCCl)cc1C. The molecule has 1 aromatic rings. The lowest BCUT2D eigenvalue weighted by molar-refractivity contribution is 0.00540. The van der Waals surface area contributed by atoms with Gasteiger partial charge in [0.05, 0.1) is 12.2 Å². The van der Waals surface area contributed by atoms with Gasteiger partial charge in [-0.15, -0.1) is 11.6 Å². The zero-order chi connectivity index (χ0) is 15.0. The molecule has 0 unspecified atom stereocenters. The fourth-order valence-electron chi connectivity index (χ4n) is 1.61. The van der Waals surface area contributed by atoms with Gasteiger partial charge in [0, 0.05) is 31.4 Å². The van der Waals surface area contributed by atoms with Gasteiger partial charge in [0.15, 0.2) is 0 Å². The lowest BCUT2D eigenvalue weighted by Crippen LogP contribution is -2.25. The Labute approximate surface area is 127 Å². The van der Waals surface area contributed by atoms with Crippen LogP contribution in [0, 0.1) is 18.8 Å². The van der Waals surface area contributed by atoms with E-state index in [1.54, 1.807) is 7.11 Å². The van der Waals surface area contributed by atoms with Crippen molar-refractivity contribution in [3.8, 4) is 17.6 Å². The van der Waals surface area contributed by atoms with E-state index < -0.39 is 0 Å². The van der Waals surface area contributed by atoms with E-state index in [1.165, 1.54) is 0 Å². The van der Waals surface area contributed by atoms with Crippen LogP contribution < -0.4 is 4.74 Å². The molecule has 0 aliphatic rings. The fourth-order valence-corrected chi connectivity index (χ4v) is 1.70. The predicted octanol–water partition coefficient (Wildman–Crippen LogP) is 4.17. The van der Waals surface area contributed by atoms with Crippen molar-refractivity contribution in [2.75, 3.05) is 19.6 Å². The van der Waals surface area contributed by atoms with Gasteiger partial charge in [0.2, 0.25) is 0 Å². The maximum Gasteiger partial charge on any atom is 0.122 e. The van der Waals surface area contributed by atoms with Crippen molar-refractivity contribution in [1.29, 1.82) is 0 Å². The number of aryl methyl sites for hydroxylation is 1. The second kappa shape index (κ2) is 8.19. The summed E-state index contributed by atoms with van der Waals surface area (Å²) in [4.78, 5) is 0. The summed E-state index contributed by atoms with van der Waals surface area (Å²) < 4.78 is 11.2. The number of halogens is 1. The van der Waals surface area contributed by atoms with Crippen molar-refractivity contribution in [2.45, 2.75) is 39.2 Å². The molecule has 0 spiro atoms. The number of ether oxygens (including phenoxy) is 2. The quantitative estimate of drug-likeness (QED) is 0.579. The second-order valence-corrected chi connectivity index (χ2v) is 5.66. The van der Waals surface area contributed by atoms with E-state index >= 15 is 0 Å². The Morgan fingerprint density at radius 2 is 2.05 bits per heavy atom. The highest BCUT2D eigenvalue weighted by Gasteiger charge is 2.16.